The number of aromatic nitrogens is 1. The second-order valence-corrected chi connectivity index (χ2v) is 15.3. The Bertz CT molecular complexity index is 3300. The Morgan fingerprint density at radius 1 is 0.279 bits per heavy atom. The summed E-state index contributed by atoms with van der Waals surface area (Å²) in [5.41, 5.74) is 13.3. The standard InChI is InChI=1S/C57H39N3O/c1-3-12-40(13-4-1)44-22-28-49(29-23-44)59(52-32-26-42-16-7-9-18-46(42)36-52)51-21-11-20-48(38-51)57-58-55-35-34-54(39-56(55)61-57)60(53-33-27-43-17-8-10-19-47(43)37-53)50-30-24-45(25-31-50)41-14-5-2-6-15-41/h1-39H. The highest BCUT2D eigenvalue weighted by atomic mass is 16.3. The fourth-order valence-corrected chi connectivity index (χ4v) is 8.35. The minimum atomic E-state index is 0.566. The van der Waals surface area contributed by atoms with Crippen LogP contribution in [-0.4, -0.2) is 4.98 Å². The topological polar surface area (TPSA) is 32.5 Å². The molecule has 4 heteroatoms. The van der Waals surface area contributed by atoms with E-state index in [-0.39, 0.29) is 0 Å². The van der Waals surface area contributed by atoms with Gasteiger partial charge in [-0.25, -0.2) is 4.98 Å². The van der Waals surface area contributed by atoms with E-state index in [1.165, 1.54) is 43.8 Å². The summed E-state index contributed by atoms with van der Waals surface area (Å²) in [7, 11) is 0. The molecular formula is C57H39N3O. The lowest BCUT2D eigenvalue weighted by atomic mass is 10.0. The molecule has 11 rings (SSSR count). The molecule has 0 saturated carbocycles. The van der Waals surface area contributed by atoms with Crippen LogP contribution in [0.15, 0.2) is 241 Å². The van der Waals surface area contributed by atoms with Gasteiger partial charge in [0.1, 0.15) is 5.52 Å². The maximum Gasteiger partial charge on any atom is 0.227 e. The van der Waals surface area contributed by atoms with Crippen molar-refractivity contribution >= 4 is 66.8 Å². The number of rotatable bonds is 9. The summed E-state index contributed by atoms with van der Waals surface area (Å²) < 4.78 is 6.68. The molecule has 288 valence electrons. The Hall–Kier alpha value is -8.21. The molecule has 1 heterocycles. The first kappa shape index (κ1) is 35.9. The first-order chi connectivity index (χ1) is 30.2. The maximum atomic E-state index is 6.68. The zero-order valence-electron chi connectivity index (χ0n) is 33.3. The number of oxazole rings is 1. The molecule has 0 aliphatic rings. The smallest absolute Gasteiger partial charge is 0.227 e. The van der Waals surface area contributed by atoms with Crippen molar-refractivity contribution < 1.29 is 4.42 Å². The monoisotopic (exact) mass is 781 g/mol. The predicted octanol–water partition coefficient (Wildman–Crippen LogP) is 16.1. The van der Waals surface area contributed by atoms with Crippen LogP contribution in [0.25, 0.3) is 66.4 Å². The van der Waals surface area contributed by atoms with Gasteiger partial charge in [0.25, 0.3) is 0 Å². The number of fused-ring (bicyclic) bond motifs is 3. The second kappa shape index (κ2) is 15.5. The van der Waals surface area contributed by atoms with E-state index in [1.807, 2.05) is 6.07 Å². The van der Waals surface area contributed by atoms with Crippen LogP contribution in [0.3, 0.4) is 0 Å². The molecule has 0 bridgehead atoms. The minimum Gasteiger partial charge on any atom is -0.436 e. The van der Waals surface area contributed by atoms with E-state index in [9.17, 15) is 0 Å². The molecule has 4 nitrogen and oxygen atoms in total. The Morgan fingerprint density at radius 3 is 1.23 bits per heavy atom. The highest BCUT2D eigenvalue weighted by molar-refractivity contribution is 5.93. The molecule has 61 heavy (non-hydrogen) atoms. The van der Waals surface area contributed by atoms with Crippen molar-refractivity contribution in [1.29, 1.82) is 0 Å². The van der Waals surface area contributed by atoms with E-state index in [2.05, 4.69) is 240 Å². The van der Waals surface area contributed by atoms with Gasteiger partial charge in [-0.3, -0.25) is 0 Å². The van der Waals surface area contributed by atoms with Gasteiger partial charge in [-0.05, 0) is 123 Å². The zero-order chi connectivity index (χ0) is 40.5. The summed E-state index contributed by atoms with van der Waals surface area (Å²) in [5.74, 6) is 0.566. The van der Waals surface area contributed by atoms with Crippen molar-refractivity contribution in [3.63, 3.8) is 0 Å². The van der Waals surface area contributed by atoms with Gasteiger partial charge in [0, 0.05) is 45.8 Å². The van der Waals surface area contributed by atoms with Gasteiger partial charge >= 0.3 is 0 Å². The third kappa shape index (κ3) is 7.07. The van der Waals surface area contributed by atoms with E-state index in [0.717, 1.165) is 45.2 Å². The normalized spacial score (nSPS) is 11.3. The molecule has 0 fully saturated rings. The lowest BCUT2D eigenvalue weighted by molar-refractivity contribution is 0.620. The Labute approximate surface area is 354 Å². The summed E-state index contributed by atoms with van der Waals surface area (Å²) in [4.78, 5) is 9.63. The highest BCUT2D eigenvalue weighted by Gasteiger charge is 2.19. The van der Waals surface area contributed by atoms with Gasteiger partial charge in [-0.1, -0.05) is 152 Å². The largest absolute Gasteiger partial charge is 0.436 e. The molecule has 0 saturated heterocycles. The highest BCUT2D eigenvalue weighted by Crippen LogP contribution is 2.41. The van der Waals surface area contributed by atoms with Crippen molar-refractivity contribution in [3.8, 4) is 33.7 Å². The second-order valence-electron chi connectivity index (χ2n) is 15.3. The van der Waals surface area contributed by atoms with Crippen LogP contribution < -0.4 is 9.80 Å². The van der Waals surface area contributed by atoms with Crippen molar-refractivity contribution in [1.82, 2.24) is 4.98 Å². The number of benzene rings is 10. The summed E-state index contributed by atoms with van der Waals surface area (Å²) in [5, 5.41) is 4.76. The molecule has 0 aliphatic carbocycles. The lowest BCUT2D eigenvalue weighted by Gasteiger charge is -2.26. The molecule has 0 N–H and O–H groups in total. The summed E-state index contributed by atoms with van der Waals surface area (Å²) in [6.45, 7) is 0. The average Bonchev–Trinajstić information content (AvgIpc) is 3.77. The van der Waals surface area contributed by atoms with Gasteiger partial charge in [0.2, 0.25) is 5.89 Å². The third-order valence-corrected chi connectivity index (χ3v) is 11.4. The van der Waals surface area contributed by atoms with Gasteiger partial charge in [-0.2, -0.15) is 0 Å². The first-order valence-corrected chi connectivity index (χ1v) is 20.6. The van der Waals surface area contributed by atoms with Gasteiger partial charge in [0.05, 0.1) is 0 Å². The fourth-order valence-electron chi connectivity index (χ4n) is 8.35. The van der Waals surface area contributed by atoms with Crippen LogP contribution in [-0.2, 0) is 0 Å². The predicted molar refractivity (Wildman–Crippen MR) is 255 cm³/mol. The number of anilines is 6. The Morgan fingerprint density at radius 2 is 0.689 bits per heavy atom. The molecular weight excluding hydrogens is 743 g/mol. The molecule has 0 unspecified atom stereocenters. The maximum absolute atomic E-state index is 6.68. The number of hydrogen-bond donors (Lipinski definition) is 0. The van der Waals surface area contributed by atoms with Gasteiger partial charge < -0.3 is 14.2 Å². The van der Waals surface area contributed by atoms with E-state index in [4.69, 9.17) is 9.40 Å². The van der Waals surface area contributed by atoms with E-state index >= 15 is 0 Å². The van der Waals surface area contributed by atoms with Crippen molar-refractivity contribution in [3.05, 3.63) is 237 Å². The molecule has 11 aromatic rings. The molecule has 1 aromatic heterocycles. The van der Waals surface area contributed by atoms with Crippen LogP contribution >= 0.6 is 0 Å². The molecule has 0 radical (unpaired) electrons. The van der Waals surface area contributed by atoms with E-state index < -0.39 is 0 Å². The van der Waals surface area contributed by atoms with Crippen LogP contribution in [0.1, 0.15) is 0 Å². The van der Waals surface area contributed by atoms with Crippen LogP contribution in [0.4, 0.5) is 34.1 Å². The fraction of sp³-hybridized carbons (Fsp3) is 0. The molecule has 0 aliphatic heterocycles. The first-order valence-electron chi connectivity index (χ1n) is 20.6. The summed E-state index contributed by atoms with van der Waals surface area (Å²) >= 11 is 0. The van der Waals surface area contributed by atoms with E-state index in [0.29, 0.717) is 11.5 Å². The summed E-state index contributed by atoms with van der Waals surface area (Å²) in [6, 6.07) is 83.5. The van der Waals surface area contributed by atoms with Crippen LogP contribution in [0.2, 0.25) is 0 Å². The Kier molecular flexibility index (Phi) is 9.14. The lowest BCUT2D eigenvalue weighted by Crippen LogP contribution is -2.10. The summed E-state index contributed by atoms with van der Waals surface area (Å²) in [6.07, 6.45) is 0. The Balaban J connectivity index is 0.978. The number of nitrogens with zero attached hydrogens (tertiary/aromatic N) is 3. The zero-order valence-corrected chi connectivity index (χ0v) is 33.3. The van der Waals surface area contributed by atoms with Crippen molar-refractivity contribution in [2.75, 3.05) is 9.80 Å². The van der Waals surface area contributed by atoms with Crippen LogP contribution in [0.5, 0.6) is 0 Å². The van der Waals surface area contributed by atoms with Crippen molar-refractivity contribution in [2.45, 2.75) is 0 Å². The molecule has 10 aromatic carbocycles. The van der Waals surface area contributed by atoms with Crippen molar-refractivity contribution in [2.24, 2.45) is 0 Å². The van der Waals surface area contributed by atoms with Gasteiger partial charge in [-0.15, -0.1) is 0 Å². The molecule has 0 amide bonds. The van der Waals surface area contributed by atoms with Gasteiger partial charge in [0.15, 0.2) is 5.58 Å². The average molecular weight is 782 g/mol. The quantitative estimate of drug-likeness (QED) is 0.146. The SMILES string of the molecule is c1ccc(-c2ccc(N(c3cccc(-c4nc5ccc(N(c6ccc(-c7ccccc7)cc6)c6ccc7ccccc7c6)cc5o4)c3)c3ccc4ccccc4c3)cc2)cc1. The van der Waals surface area contributed by atoms with Crippen LogP contribution in [0, 0.1) is 0 Å². The minimum absolute atomic E-state index is 0.566. The third-order valence-electron chi connectivity index (χ3n) is 11.4. The molecule has 0 spiro atoms. The number of hydrogen-bond acceptors (Lipinski definition) is 4. The molecule has 0 atom stereocenters. The van der Waals surface area contributed by atoms with E-state index in [1.54, 1.807) is 0 Å².